The number of hydrogen-bond acceptors (Lipinski definition) is 6. The highest BCUT2D eigenvalue weighted by Gasteiger charge is 2.33. The average Bonchev–Trinajstić information content (AvgIpc) is 2.80. The highest BCUT2D eigenvalue weighted by atomic mass is 16.5. The summed E-state index contributed by atoms with van der Waals surface area (Å²) in [5.74, 6) is 0.0631. The van der Waals surface area contributed by atoms with Crippen molar-refractivity contribution in [2.75, 3.05) is 32.8 Å². The number of ether oxygens (including phenoxy) is 1. The Hall–Kier alpha value is -2.59. The second kappa shape index (κ2) is 9.27. The van der Waals surface area contributed by atoms with Crippen molar-refractivity contribution < 1.29 is 9.53 Å². The number of nitriles is 1. The molecule has 0 saturated carbocycles. The van der Waals surface area contributed by atoms with E-state index in [0.717, 1.165) is 45.6 Å². The standard InChI is InChI=1S/C23H26N4O2/c24-16-18-2-1-3-19(14-18)17-26-9-11-27(12-10-26)21-6-13-29-22(15-21)23(28)20-4-7-25-8-5-20/h1-5,7-8,14,21-22H,6,9-13,15,17H2. The summed E-state index contributed by atoms with van der Waals surface area (Å²) in [6, 6.07) is 14.0. The molecule has 0 bridgehead atoms. The first kappa shape index (κ1) is 19.7. The van der Waals surface area contributed by atoms with Crippen molar-refractivity contribution in [3.8, 4) is 6.07 Å². The molecule has 2 atom stereocenters. The molecule has 2 aromatic rings. The molecular weight excluding hydrogens is 364 g/mol. The number of Topliss-reactive ketones (excluding diaryl/α,β-unsaturated/α-hetero) is 1. The van der Waals surface area contributed by atoms with Gasteiger partial charge in [-0.25, -0.2) is 0 Å². The fourth-order valence-electron chi connectivity index (χ4n) is 4.28. The summed E-state index contributed by atoms with van der Waals surface area (Å²) < 4.78 is 5.80. The molecule has 29 heavy (non-hydrogen) atoms. The fourth-order valence-corrected chi connectivity index (χ4v) is 4.28. The molecule has 0 spiro atoms. The number of aromatic nitrogens is 1. The maximum absolute atomic E-state index is 12.7. The third kappa shape index (κ3) is 4.88. The Morgan fingerprint density at radius 2 is 1.97 bits per heavy atom. The van der Waals surface area contributed by atoms with Gasteiger partial charge in [0.1, 0.15) is 6.10 Å². The van der Waals surface area contributed by atoms with Gasteiger partial charge in [-0.15, -0.1) is 0 Å². The van der Waals surface area contributed by atoms with Gasteiger partial charge in [-0.1, -0.05) is 12.1 Å². The largest absolute Gasteiger partial charge is 0.370 e. The molecule has 3 heterocycles. The van der Waals surface area contributed by atoms with Gasteiger partial charge in [-0.2, -0.15) is 5.26 Å². The van der Waals surface area contributed by atoms with E-state index in [1.54, 1.807) is 24.5 Å². The summed E-state index contributed by atoms with van der Waals surface area (Å²) in [4.78, 5) is 21.7. The van der Waals surface area contributed by atoms with Crippen LogP contribution in [0.1, 0.15) is 34.3 Å². The first-order chi connectivity index (χ1) is 14.2. The lowest BCUT2D eigenvalue weighted by Crippen LogP contribution is -2.53. The van der Waals surface area contributed by atoms with Crippen LogP contribution in [0.2, 0.25) is 0 Å². The van der Waals surface area contributed by atoms with E-state index >= 15 is 0 Å². The number of hydrogen-bond donors (Lipinski definition) is 0. The van der Waals surface area contributed by atoms with E-state index in [4.69, 9.17) is 10.00 Å². The Balaban J connectivity index is 1.30. The molecule has 1 aromatic heterocycles. The molecular formula is C23H26N4O2. The van der Waals surface area contributed by atoms with Crippen LogP contribution in [0.25, 0.3) is 0 Å². The number of piperazine rings is 1. The number of benzene rings is 1. The van der Waals surface area contributed by atoms with Gasteiger partial charge in [0.05, 0.1) is 11.6 Å². The molecule has 2 aliphatic rings. The van der Waals surface area contributed by atoms with Gasteiger partial charge in [-0.3, -0.25) is 19.6 Å². The normalized spacial score (nSPS) is 23.4. The molecule has 0 aliphatic carbocycles. The van der Waals surface area contributed by atoms with Gasteiger partial charge in [0.2, 0.25) is 0 Å². The minimum Gasteiger partial charge on any atom is -0.370 e. The van der Waals surface area contributed by atoms with Crippen molar-refractivity contribution in [3.05, 3.63) is 65.5 Å². The zero-order chi connectivity index (χ0) is 20.1. The summed E-state index contributed by atoms with van der Waals surface area (Å²) in [5.41, 5.74) is 2.58. The van der Waals surface area contributed by atoms with Crippen LogP contribution < -0.4 is 0 Å². The maximum Gasteiger partial charge on any atom is 0.191 e. The van der Waals surface area contributed by atoms with Crippen molar-refractivity contribution in [2.45, 2.75) is 31.5 Å². The Kier molecular flexibility index (Phi) is 6.30. The number of carbonyl (C=O) groups excluding carboxylic acids is 1. The fraction of sp³-hybridized carbons (Fsp3) is 0.435. The lowest BCUT2D eigenvalue weighted by Gasteiger charge is -2.42. The van der Waals surface area contributed by atoms with Crippen LogP contribution in [-0.2, 0) is 11.3 Å². The number of pyridine rings is 1. The van der Waals surface area contributed by atoms with Crippen molar-refractivity contribution in [2.24, 2.45) is 0 Å². The Bertz CT molecular complexity index is 872. The summed E-state index contributed by atoms with van der Waals surface area (Å²) >= 11 is 0. The van der Waals surface area contributed by atoms with E-state index in [1.165, 1.54) is 5.56 Å². The SMILES string of the molecule is N#Cc1cccc(CN2CCN(C3CCOC(C(=O)c4ccncc4)C3)CC2)c1. The van der Waals surface area contributed by atoms with Crippen LogP contribution in [0.15, 0.2) is 48.8 Å². The third-order valence-corrected chi connectivity index (χ3v) is 5.90. The van der Waals surface area contributed by atoms with Crippen molar-refractivity contribution in [3.63, 3.8) is 0 Å². The molecule has 2 saturated heterocycles. The van der Waals surface area contributed by atoms with Crippen LogP contribution >= 0.6 is 0 Å². The first-order valence-corrected chi connectivity index (χ1v) is 10.2. The second-order valence-corrected chi connectivity index (χ2v) is 7.76. The number of nitrogens with zero attached hydrogens (tertiary/aromatic N) is 4. The third-order valence-electron chi connectivity index (χ3n) is 5.90. The minimum atomic E-state index is -0.358. The highest BCUT2D eigenvalue weighted by molar-refractivity contribution is 5.99. The first-order valence-electron chi connectivity index (χ1n) is 10.2. The van der Waals surface area contributed by atoms with E-state index in [-0.39, 0.29) is 11.9 Å². The number of carbonyl (C=O) groups is 1. The number of rotatable bonds is 5. The lowest BCUT2D eigenvalue weighted by molar-refractivity contribution is -0.0259. The Morgan fingerprint density at radius 3 is 2.72 bits per heavy atom. The molecule has 0 amide bonds. The molecule has 0 N–H and O–H groups in total. The molecule has 4 rings (SSSR count). The molecule has 1 aromatic carbocycles. The van der Waals surface area contributed by atoms with Crippen LogP contribution in [0, 0.1) is 11.3 Å². The summed E-state index contributed by atoms with van der Waals surface area (Å²) in [6.07, 6.45) is 4.68. The second-order valence-electron chi connectivity index (χ2n) is 7.76. The molecule has 0 radical (unpaired) electrons. The smallest absolute Gasteiger partial charge is 0.191 e. The van der Waals surface area contributed by atoms with Crippen LogP contribution in [0.5, 0.6) is 0 Å². The quantitative estimate of drug-likeness (QED) is 0.731. The van der Waals surface area contributed by atoms with E-state index in [9.17, 15) is 4.79 Å². The van der Waals surface area contributed by atoms with E-state index in [0.29, 0.717) is 23.8 Å². The van der Waals surface area contributed by atoms with E-state index < -0.39 is 0 Å². The van der Waals surface area contributed by atoms with Gasteiger partial charge >= 0.3 is 0 Å². The molecule has 6 heteroatoms. The van der Waals surface area contributed by atoms with Crippen molar-refractivity contribution >= 4 is 5.78 Å². The molecule has 2 aliphatic heterocycles. The van der Waals surface area contributed by atoms with Gasteiger partial charge in [0.25, 0.3) is 0 Å². The maximum atomic E-state index is 12.7. The van der Waals surface area contributed by atoms with Crippen molar-refractivity contribution in [1.82, 2.24) is 14.8 Å². The van der Waals surface area contributed by atoms with Gasteiger partial charge in [0, 0.05) is 63.3 Å². The lowest BCUT2D eigenvalue weighted by atomic mass is 9.95. The van der Waals surface area contributed by atoms with Crippen LogP contribution in [-0.4, -0.2) is 65.5 Å². The Morgan fingerprint density at radius 1 is 1.17 bits per heavy atom. The highest BCUT2D eigenvalue weighted by Crippen LogP contribution is 2.23. The topological polar surface area (TPSA) is 69.5 Å². The molecule has 150 valence electrons. The van der Waals surface area contributed by atoms with E-state index in [2.05, 4.69) is 26.9 Å². The van der Waals surface area contributed by atoms with E-state index in [1.807, 2.05) is 18.2 Å². The Labute approximate surface area is 171 Å². The zero-order valence-corrected chi connectivity index (χ0v) is 16.5. The van der Waals surface area contributed by atoms with Crippen molar-refractivity contribution in [1.29, 1.82) is 5.26 Å². The molecule has 6 nitrogen and oxygen atoms in total. The predicted octanol–water partition coefficient (Wildman–Crippen LogP) is 2.50. The molecule has 2 fully saturated rings. The minimum absolute atomic E-state index is 0.0631. The summed E-state index contributed by atoms with van der Waals surface area (Å²) in [5, 5.41) is 9.07. The predicted molar refractivity (Wildman–Crippen MR) is 109 cm³/mol. The average molecular weight is 390 g/mol. The van der Waals surface area contributed by atoms with Crippen LogP contribution in [0.3, 0.4) is 0 Å². The zero-order valence-electron chi connectivity index (χ0n) is 16.5. The number of ketones is 1. The van der Waals surface area contributed by atoms with Gasteiger partial charge < -0.3 is 4.74 Å². The van der Waals surface area contributed by atoms with Crippen LogP contribution in [0.4, 0.5) is 0 Å². The molecule has 2 unspecified atom stereocenters. The monoisotopic (exact) mass is 390 g/mol. The summed E-state index contributed by atoms with van der Waals surface area (Å²) in [7, 11) is 0. The van der Waals surface area contributed by atoms with Gasteiger partial charge in [-0.05, 0) is 42.7 Å². The summed E-state index contributed by atoms with van der Waals surface area (Å²) in [6.45, 7) is 5.50. The van der Waals surface area contributed by atoms with Gasteiger partial charge in [0.15, 0.2) is 5.78 Å².